The van der Waals surface area contributed by atoms with E-state index >= 15 is 0 Å². The van der Waals surface area contributed by atoms with E-state index in [0.29, 0.717) is 12.3 Å². The van der Waals surface area contributed by atoms with E-state index < -0.39 is 0 Å². The molecule has 1 aliphatic heterocycles. The van der Waals surface area contributed by atoms with Crippen LogP contribution in [0.25, 0.3) is 0 Å². The molecule has 7 nitrogen and oxygen atoms in total. The van der Waals surface area contributed by atoms with Gasteiger partial charge < -0.3 is 20.5 Å². The van der Waals surface area contributed by atoms with Crippen LogP contribution in [0.1, 0.15) is 49.1 Å². The monoisotopic (exact) mass is 335 g/mol. The molecule has 0 aliphatic carbocycles. The molecule has 2 heterocycles. The number of aryl methyl sites for hydroxylation is 2. The number of carbonyl (C=O) groups is 1. The average molecular weight is 335 g/mol. The Morgan fingerprint density at radius 2 is 2.29 bits per heavy atom. The lowest BCUT2D eigenvalue weighted by Crippen LogP contribution is -2.47. The predicted molar refractivity (Wildman–Crippen MR) is 93.9 cm³/mol. The van der Waals surface area contributed by atoms with Crippen LogP contribution >= 0.6 is 0 Å². The summed E-state index contributed by atoms with van der Waals surface area (Å²) in [7, 11) is 1.79. The first kappa shape index (κ1) is 18.3. The van der Waals surface area contributed by atoms with Gasteiger partial charge >= 0.3 is 0 Å². The van der Waals surface area contributed by atoms with Crippen LogP contribution in [-0.4, -0.2) is 48.6 Å². The van der Waals surface area contributed by atoms with Crippen LogP contribution in [0.3, 0.4) is 0 Å². The van der Waals surface area contributed by atoms with E-state index in [2.05, 4.69) is 27.3 Å². The molecule has 0 spiro atoms. The molecule has 3 N–H and O–H groups in total. The Labute approximate surface area is 143 Å². The molecule has 2 atom stereocenters. The number of aromatic nitrogens is 1. The predicted octanol–water partition coefficient (Wildman–Crippen LogP) is 1.56. The Kier molecular flexibility index (Phi) is 6.23. The maximum absolute atomic E-state index is 11.2. The summed E-state index contributed by atoms with van der Waals surface area (Å²) in [6.45, 7) is 8.60. The van der Waals surface area contributed by atoms with Gasteiger partial charge in [-0.05, 0) is 32.6 Å². The second-order valence-electron chi connectivity index (χ2n) is 6.69. The molecule has 7 heteroatoms. The van der Waals surface area contributed by atoms with Crippen molar-refractivity contribution >= 4 is 11.9 Å². The molecule has 0 saturated carbocycles. The third kappa shape index (κ3) is 4.49. The third-order valence-corrected chi connectivity index (χ3v) is 4.67. The van der Waals surface area contributed by atoms with Crippen LogP contribution in [-0.2, 0) is 4.79 Å². The Morgan fingerprint density at radius 3 is 2.88 bits per heavy atom. The van der Waals surface area contributed by atoms with Gasteiger partial charge in [-0.25, -0.2) is 0 Å². The first-order chi connectivity index (χ1) is 11.4. The normalized spacial score (nSPS) is 20.1. The fraction of sp³-hybridized carbons (Fsp3) is 0.706. The number of aliphatic imine (C=N–C) groups is 1. The Bertz CT molecular complexity index is 576. The molecule has 2 rings (SSSR count). The van der Waals surface area contributed by atoms with Crippen molar-refractivity contribution < 1.29 is 9.32 Å². The fourth-order valence-electron chi connectivity index (χ4n) is 3.58. The first-order valence-electron chi connectivity index (χ1n) is 8.59. The van der Waals surface area contributed by atoms with Gasteiger partial charge in [0.2, 0.25) is 5.91 Å². The van der Waals surface area contributed by atoms with Crippen molar-refractivity contribution in [1.29, 1.82) is 0 Å². The molecular formula is C17H29N5O2. The number of hydrogen-bond acceptors (Lipinski definition) is 4. The van der Waals surface area contributed by atoms with E-state index in [9.17, 15) is 4.79 Å². The second kappa shape index (κ2) is 8.17. The summed E-state index contributed by atoms with van der Waals surface area (Å²) in [6.07, 6.45) is 2.55. The summed E-state index contributed by atoms with van der Waals surface area (Å²) in [5.74, 6) is 2.12. The smallest absolute Gasteiger partial charge is 0.217 e. The number of guanidine groups is 1. The minimum absolute atomic E-state index is 0.225. The van der Waals surface area contributed by atoms with Crippen molar-refractivity contribution in [2.75, 3.05) is 26.7 Å². The number of amides is 1. The van der Waals surface area contributed by atoms with Crippen LogP contribution in [0.15, 0.2) is 9.52 Å². The van der Waals surface area contributed by atoms with Crippen molar-refractivity contribution in [2.45, 2.75) is 46.0 Å². The van der Waals surface area contributed by atoms with Gasteiger partial charge in [-0.1, -0.05) is 12.1 Å². The largest absolute Gasteiger partial charge is 0.370 e. The number of rotatable bonds is 5. The van der Waals surface area contributed by atoms with Crippen LogP contribution in [0.2, 0.25) is 0 Å². The molecule has 1 aliphatic rings. The summed E-state index contributed by atoms with van der Waals surface area (Å²) in [6, 6.07) is 0. The maximum atomic E-state index is 11.2. The summed E-state index contributed by atoms with van der Waals surface area (Å²) in [4.78, 5) is 17.8. The molecule has 2 unspecified atom stereocenters. The van der Waals surface area contributed by atoms with E-state index in [-0.39, 0.29) is 11.8 Å². The van der Waals surface area contributed by atoms with E-state index in [0.717, 1.165) is 55.5 Å². The van der Waals surface area contributed by atoms with Crippen LogP contribution in [0.5, 0.6) is 0 Å². The fourth-order valence-corrected chi connectivity index (χ4v) is 3.58. The number of hydrogen-bond donors (Lipinski definition) is 2. The van der Waals surface area contributed by atoms with Crippen molar-refractivity contribution in [2.24, 2.45) is 16.6 Å². The molecule has 0 aromatic carbocycles. The van der Waals surface area contributed by atoms with E-state index in [1.54, 1.807) is 7.05 Å². The number of piperidine rings is 1. The van der Waals surface area contributed by atoms with Crippen molar-refractivity contribution in [3.05, 3.63) is 17.0 Å². The van der Waals surface area contributed by atoms with Gasteiger partial charge in [0.1, 0.15) is 5.76 Å². The van der Waals surface area contributed by atoms with Gasteiger partial charge in [0.15, 0.2) is 5.96 Å². The molecule has 134 valence electrons. The number of nitrogens with zero attached hydrogens (tertiary/aromatic N) is 3. The molecule has 0 radical (unpaired) electrons. The topological polar surface area (TPSA) is 96.8 Å². The summed E-state index contributed by atoms with van der Waals surface area (Å²) < 4.78 is 5.25. The van der Waals surface area contributed by atoms with Crippen LogP contribution < -0.4 is 11.1 Å². The van der Waals surface area contributed by atoms with Crippen molar-refractivity contribution in [1.82, 2.24) is 15.4 Å². The van der Waals surface area contributed by atoms with Crippen LogP contribution in [0, 0.1) is 19.8 Å². The van der Waals surface area contributed by atoms with Gasteiger partial charge in [-0.2, -0.15) is 0 Å². The molecule has 1 aromatic rings. The summed E-state index contributed by atoms with van der Waals surface area (Å²) >= 11 is 0. The summed E-state index contributed by atoms with van der Waals surface area (Å²) in [5, 5.41) is 7.47. The molecular weight excluding hydrogens is 306 g/mol. The van der Waals surface area contributed by atoms with Gasteiger partial charge in [-0.15, -0.1) is 0 Å². The molecule has 1 aromatic heterocycles. The van der Waals surface area contributed by atoms with E-state index in [4.69, 9.17) is 10.3 Å². The standard InChI is InChI=1S/C17H29N5O2/c1-11(16-12(2)21-24-13(16)3)9-20-17(19-4)22-7-5-6-14(10-22)8-15(18)23/h11,14H,5-10H2,1-4H3,(H2,18,23)(H,19,20). The lowest BCUT2D eigenvalue weighted by atomic mass is 9.94. The van der Waals surface area contributed by atoms with Gasteiger partial charge in [0.05, 0.1) is 5.69 Å². The summed E-state index contributed by atoms with van der Waals surface area (Å²) in [5.41, 5.74) is 7.44. The zero-order chi connectivity index (χ0) is 17.7. The number of likely N-dealkylation sites (tertiary alicyclic amines) is 1. The zero-order valence-corrected chi connectivity index (χ0v) is 15.1. The van der Waals surface area contributed by atoms with Gasteiger partial charge in [0.25, 0.3) is 0 Å². The highest BCUT2D eigenvalue weighted by atomic mass is 16.5. The quantitative estimate of drug-likeness (QED) is 0.629. The first-order valence-corrected chi connectivity index (χ1v) is 8.59. The molecule has 1 fully saturated rings. The molecule has 24 heavy (non-hydrogen) atoms. The number of nitrogens with one attached hydrogen (secondary N) is 1. The average Bonchev–Trinajstić information content (AvgIpc) is 2.86. The van der Waals surface area contributed by atoms with E-state index in [1.807, 2.05) is 13.8 Å². The van der Waals surface area contributed by atoms with E-state index in [1.165, 1.54) is 0 Å². The van der Waals surface area contributed by atoms with Crippen LogP contribution in [0.4, 0.5) is 0 Å². The minimum atomic E-state index is -0.225. The Morgan fingerprint density at radius 1 is 1.54 bits per heavy atom. The highest BCUT2D eigenvalue weighted by Crippen LogP contribution is 2.23. The lowest BCUT2D eigenvalue weighted by Gasteiger charge is -2.35. The van der Waals surface area contributed by atoms with Crippen molar-refractivity contribution in [3.63, 3.8) is 0 Å². The highest BCUT2D eigenvalue weighted by molar-refractivity contribution is 5.80. The Balaban J connectivity index is 1.93. The lowest BCUT2D eigenvalue weighted by molar-refractivity contribution is -0.119. The zero-order valence-electron chi connectivity index (χ0n) is 15.1. The number of carbonyl (C=O) groups excluding carboxylic acids is 1. The number of primary amides is 1. The van der Waals surface area contributed by atoms with Gasteiger partial charge in [-0.3, -0.25) is 9.79 Å². The Hall–Kier alpha value is -2.05. The van der Waals surface area contributed by atoms with Gasteiger partial charge in [0, 0.05) is 44.6 Å². The number of nitrogens with two attached hydrogens (primary N) is 1. The second-order valence-corrected chi connectivity index (χ2v) is 6.69. The SMILES string of the molecule is CN=C(NCC(C)c1c(C)noc1C)N1CCCC(CC(N)=O)C1. The highest BCUT2D eigenvalue weighted by Gasteiger charge is 2.24. The molecule has 0 bridgehead atoms. The molecule has 1 saturated heterocycles. The molecule has 1 amide bonds. The van der Waals surface area contributed by atoms with Crippen molar-refractivity contribution in [3.8, 4) is 0 Å². The minimum Gasteiger partial charge on any atom is -0.370 e. The maximum Gasteiger partial charge on any atom is 0.217 e. The third-order valence-electron chi connectivity index (χ3n) is 4.67.